The average Bonchev–Trinajstić information content (AvgIpc) is 2.70. The zero-order valence-electron chi connectivity index (χ0n) is 15.6. The van der Waals surface area contributed by atoms with Crippen molar-refractivity contribution < 1.29 is 9.59 Å². The Morgan fingerprint density at radius 1 is 1.04 bits per heavy atom. The van der Waals surface area contributed by atoms with Gasteiger partial charge in [-0.2, -0.15) is 0 Å². The molecule has 4 nitrogen and oxygen atoms in total. The molecule has 1 aliphatic rings. The van der Waals surface area contributed by atoms with Gasteiger partial charge in [0.25, 0.3) is 11.8 Å². The van der Waals surface area contributed by atoms with Crippen LogP contribution in [-0.4, -0.2) is 41.8 Å². The maximum absolute atomic E-state index is 12.9. The van der Waals surface area contributed by atoms with E-state index >= 15 is 0 Å². The first-order chi connectivity index (χ1) is 12.6. The minimum atomic E-state index is -0.0305. The number of carbonyl (C=O) groups is 2. The molecule has 0 aliphatic carbocycles. The molecule has 0 saturated heterocycles. The number of hydrogen-bond acceptors (Lipinski definition) is 2. The Hall–Kier alpha value is -2.62. The molecule has 0 saturated carbocycles. The molecule has 1 heterocycles. The Morgan fingerprint density at radius 2 is 1.77 bits per heavy atom. The highest BCUT2D eigenvalue weighted by Crippen LogP contribution is 2.21. The van der Waals surface area contributed by atoms with E-state index in [2.05, 4.69) is 19.1 Å². The molecular formula is C22H26N2O2. The molecule has 0 aromatic heterocycles. The molecule has 136 valence electrons. The number of hydrogen-bond donors (Lipinski definition) is 0. The lowest BCUT2D eigenvalue weighted by Crippen LogP contribution is -2.36. The third kappa shape index (κ3) is 3.96. The van der Waals surface area contributed by atoms with Crippen molar-refractivity contribution in [2.75, 3.05) is 20.1 Å². The first-order valence-corrected chi connectivity index (χ1v) is 9.31. The first kappa shape index (κ1) is 18.2. The van der Waals surface area contributed by atoms with Gasteiger partial charge in [0, 0.05) is 37.8 Å². The van der Waals surface area contributed by atoms with Gasteiger partial charge in [-0.15, -0.1) is 0 Å². The highest BCUT2D eigenvalue weighted by Gasteiger charge is 2.22. The van der Waals surface area contributed by atoms with Crippen molar-refractivity contribution >= 4 is 11.8 Å². The summed E-state index contributed by atoms with van der Waals surface area (Å²) in [6.07, 6.45) is 2.90. The average molecular weight is 350 g/mol. The fourth-order valence-corrected chi connectivity index (χ4v) is 3.35. The van der Waals surface area contributed by atoms with Gasteiger partial charge in [0.1, 0.15) is 0 Å². The van der Waals surface area contributed by atoms with Crippen molar-refractivity contribution in [3.05, 3.63) is 70.8 Å². The molecular weight excluding hydrogens is 324 g/mol. The summed E-state index contributed by atoms with van der Waals surface area (Å²) in [6.45, 7) is 4.18. The van der Waals surface area contributed by atoms with Crippen LogP contribution < -0.4 is 0 Å². The number of nitrogens with zero attached hydrogens (tertiary/aromatic N) is 2. The van der Waals surface area contributed by atoms with Crippen molar-refractivity contribution in [3.8, 4) is 0 Å². The Kier molecular flexibility index (Phi) is 5.71. The predicted molar refractivity (Wildman–Crippen MR) is 103 cm³/mol. The fourth-order valence-electron chi connectivity index (χ4n) is 3.35. The summed E-state index contributed by atoms with van der Waals surface area (Å²) < 4.78 is 0. The van der Waals surface area contributed by atoms with Crippen LogP contribution in [0.25, 0.3) is 0 Å². The third-order valence-electron chi connectivity index (χ3n) is 4.97. The Labute approximate surface area is 155 Å². The second-order valence-electron chi connectivity index (χ2n) is 6.91. The minimum absolute atomic E-state index is 0.00892. The summed E-state index contributed by atoms with van der Waals surface area (Å²) in [6, 6.07) is 15.4. The monoisotopic (exact) mass is 350 g/mol. The van der Waals surface area contributed by atoms with Crippen molar-refractivity contribution in [3.63, 3.8) is 0 Å². The van der Waals surface area contributed by atoms with Crippen LogP contribution in [0.5, 0.6) is 0 Å². The number of fused-ring (bicyclic) bond motifs is 1. The number of carbonyl (C=O) groups excluding carboxylic acids is 2. The highest BCUT2D eigenvalue weighted by molar-refractivity contribution is 5.99. The zero-order chi connectivity index (χ0) is 18.5. The second kappa shape index (κ2) is 8.17. The number of benzene rings is 2. The van der Waals surface area contributed by atoms with Gasteiger partial charge in [-0.05, 0) is 42.2 Å². The maximum atomic E-state index is 12.9. The lowest BCUT2D eigenvalue weighted by atomic mass is 9.99. The fraction of sp³-hybridized carbons (Fsp3) is 0.364. The molecule has 3 rings (SSSR count). The maximum Gasteiger partial charge on any atom is 0.254 e. The SMILES string of the molecule is CCCCN(C)C(=O)c1cccc(C(=O)N2CCc3ccccc3C2)c1. The van der Waals surface area contributed by atoms with Gasteiger partial charge in [-0.3, -0.25) is 9.59 Å². The van der Waals surface area contributed by atoms with E-state index in [1.54, 1.807) is 29.2 Å². The van der Waals surface area contributed by atoms with E-state index in [0.29, 0.717) is 24.2 Å². The van der Waals surface area contributed by atoms with Crippen LogP contribution in [0, 0.1) is 0 Å². The van der Waals surface area contributed by atoms with Gasteiger partial charge in [0.05, 0.1) is 0 Å². The summed E-state index contributed by atoms with van der Waals surface area (Å²) in [7, 11) is 1.81. The molecule has 0 unspecified atom stereocenters. The van der Waals surface area contributed by atoms with E-state index in [1.807, 2.05) is 24.1 Å². The van der Waals surface area contributed by atoms with Gasteiger partial charge < -0.3 is 9.80 Å². The standard InChI is InChI=1S/C22H26N2O2/c1-3-4-13-23(2)21(25)18-10-7-11-19(15-18)22(26)24-14-12-17-8-5-6-9-20(17)16-24/h5-11,15H,3-4,12-14,16H2,1-2H3. The van der Waals surface area contributed by atoms with Gasteiger partial charge in [0.15, 0.2) is 0 Å². The van der Waals surface area contributed by atoms with Crippen molar-refractivity contribution in [2.45, 2.75) is 32.7 Å². The van der Waals surface area contributed by atoms with Gasteiger partial charge >= 0.3 is 0 Å². The normalized spacial score (nSPS) is 13.2. The topological polar surface area (TPSA) is 40.6 Å². The third-order valence-corrected chi connectivity index (χ3v) is 4.97. The first-order valence-electron chi connectivity index (χ1n) is 9.31. The summed E-state index contributed by atoms with van der Waals surface area (Å²) in [4.78, 5) is 29.1. The molecule has 2 aromatic rings. The summed E-state index contributed by atoms with van der Waals surface area (Å²) >= 11 is 0. The summed E-state index contributed by atoms with van der Waals surface area (Å²) in [5.41, 5.74) is 3.68. The molecule has 0 bridgehead atoms. The summed E-state index contributed by atoms with van der Waals surface area (Å²) in [5.74, 6) is -0.0394. The van der Waals surface area contributed by atoms with E-state index in [9.17, 15) is 9.59 Å². The van der Waals surface area contributed by atoms with Gasteiger partial charge in [-0.1, -0.05) is 43.7 Å². The number of rotatable bonds is 5. The molecule has 4 heteroatoms. The van der Waals surface area contributed by atoms with Crippen molar-refractivity contribution in [1.29, 1.82) is 0 Å². The van der Waals surface area contributed by atoms with Crippen molar-refractivity contribution in [1.82, 2.24) is 9.80 Å². The molecule has 0 spiro atoms. The Balaban J connectivity index is 1.74. The molecule has 1 aliphatic heterocycles. The van der Waals surface area contributed by atoms with E-state index in [0.717, 1.165) is 25.8 Å². The lowest BCUT2D eigenvalue weighted by Gasteiger charge is -2.29. The number of amides is 2. The molecule has 2 amide bonds. The second-order valence-corrected chi connectivity index (χ2v) is 6.91. The molecule has 0 N–H and O–H groups in total. The zero-order valence-corrected chi connectivity index (χ0v) is 15.6. The van der Waals surface area contributed by atoms with E-state index < -0.39 is 0 Å². The van der Waals surface area contributed by atoms with Crippen LogP contribution in [0.15, 0.2) is 48.5 Å². The van der Waals surface area contributed by atoms with E-state index in [-0.39, 0.29) is 11.8 Å². The molecule has 2 aromatic carbocycles. The van der Waals surface area contributed by atoms with Crippen LogP contribution in [0.4, 0.5) is 0 Å². The Morgan fingerprint density at radius 3 is 2.54 bits per heavy atom. The van der Waals surface area contributed by atoms with Gasteiger partial charge in [0.2, 0.25) is 0 Å². The minimum Gasteiger partial charge on any atom is -0.342 e. The van der Waals surface area contributed by atoms with E-state index in [1.165, 1.54) is 11.1 Å². The van der Waals surface area contributed by atoms with Crippen LogP contribution in [0.3, 0.4) is 0 Å². The van der Waals surface area contributed by atoms with E-state index in [4.69, 9.17) is 0 Å². The molecule has 0 atom stereocenters. The summed E-state index contributed by atoms with van der Waals surface area (Å²) in [5, 5.41) is 0. The smallest absolute Gasteiger partial charge is 0.254 e. The van der Waals surface area contributed by atoms with Crippen molar-refractivity contribution in [2.24, 2.45) is 0 Å². The molecule has 0 radical (unpaired) electrons. The van der Waals surface area contributed by atoms with Gasteiger partial charge in [-0.25, -0.2) is 0 Å². The highest BCUT2D eigenvalue weighted by atomic mass is 16.2. The largest absolute Gasteiger partial charge is 0.342 e. The van der Waals surface area contributed by atoms with Crippen LogP contribution in [0.2, 0.25) is 0 Å². The number of unbranched alkanes of at least 4 members (excludes halogenated alkanes) is 1. The molecule has 26 heavy (non-hydrogen) atoms. The Bertz CT molecular complexity index is 800. The van der Waals surface area contributed by atoms with Crippen LogP contribution in [-0.2, 0) is 13.0 Å². The molecule has 0 fully saturated rings. The lowest BCUT2D eigenvalue weighted by molar-refractivity contribution is 0.0734. The van der Waals surface area contributed by atoms with Crippen LogP contribution in [0.1, 0.15) is 51.6 Å². The van der Waals surface area contributed by atoms with Crippen LogP contribution >= 0.6 is 0 Å². The quantitative estimate of drug-likeness (QED) is 0.824. The predicted octanol–water partition coefficient (Wildman–Crippen LogP) is 3.76.